The summed E-state index contributed by atoms with van der Waals surface area (Å²) in [4.78, 5) is 161. The van der Waals surface area contributed by atoms with Crippen LogP contribution in [0, 0.1) is 40.9 Å². The van der Waals surface area contributed by atoms with Crippen molar-refractivity contribution < 1.29 is 47.9 Å². The number of ketones is 4. The molecule has 8 rings (SSSR count). The molecule has 468 valence electrons. The standard InChI is InChI=1S/C64H102N10O10/c1-39(2)53(70-58(80)48(68)35-43-23-12-6-13-24-43)62(84)73-32-18-29-52(73)61(83)74-37-45(54(76)40(3)65)64(56(78)47(67)34-42-21-10-5-11-22-42,63(74,38-75)55(77)46(66)33-41-19-8-4-9-20-41)57(79)50-27-16-30-71(50)60(82)51-28-17-31-72(51)59(81)49(69)36-44-25-14-7-15-26-44/h18,32,38-53H,4-17,19-31,33-37,65-69H2,1-3H3,(H,70,80)/t40-,45?,46-,47-,48-,49-,50-,51-,52-,53-,63-,64?/m0/s1. The van der Waals surface area contributed by atoms with Gasteiger partial charge in [0.05, 0.1) is 42.2 Å². The van der Waals surface area contributed by atoms with Crippen LogP contribution in [0.15, 0.2) is 12.3 Å². The Labute approximate surface area is 498 Å². The van der Waals surface area contributed by atoms with E-state index in [1.54, 1.807) is 19.9 Å². The fourth-order valence-corrected chi connectivity index (χ4v) is 16.7. The summed E-state index contributed by atoms with van der Waals surface area (Å²) in [6, 6.07) is -11.5. The Balaban J connectivity index is 1.23. The summed E-state index contributed by atoms with van der Waals surface area (Å²) in [5, 5.41) is 2.87. The van der Waals surface area contributed by atoms with Crippen molar-refractivity contribution in [1.29, 1.82) is 0 Å². The van der Waals surface area contributed by atoms with Gasteiger partial charge in [0.2, 0.25) is 29.5 Å². The number of carbonyl (C=O) groups excluding carboxylic acids is 10. The van der Waals surface area contributed by atoms with Crippen molar-refractivity contribution in [1.82, 2.24) is 24.9 Å². The smallest absolute Gasteiger partial charge is 0.250 e. The van der Waals surface area contributed by atoms with Gasteiger partial charge in [-0.15, -0.1) is 0 Å². The van der Waals surface area contributed by atoms with Gasteiger partial charge in [-0.05, 0) is 94.3 Å². The number of aldehydes is 1. The predicted molar refractivity (Wildman–Crippen MR) is 317 cm³/mol. The first kappa shape index (κ1) is 65.2. The van der Waals surface area contributed by atoms with Gasteiger partial charge in [0, 0.05) is 25.8 Å². The van der Waals surface area contributed by atoms with Gasteiger partial charge < -0.3 is 58.4 Å². The van der Waals surface area contributed by atoms with Crippen LogP contribution in [-0.2, 0) is 47.9 Å². The summed E-state index contributed by atoms with van der Waals surface area (Å²) in [5.74, 6) is -9.46. The third kappa shape index (κ3) is 13.4. The topological polar surface area (TPSA) is 326 Å². The minimum atomic E-state index is -3.15. The number of nitrogens with one attached hydrogen (secondary N) is 1. The van der Waals surface area contributed by atoms with Crippen molar-refractivity contribution in [3.63, 3.8) is 0 Å². The maximum atomic E-state index is 17.0. The highest BCUT2D eigenvalue weighted by atomic mass is 16.2. The summed E-state index contributed by atoms with van der Waals surface area (Å²) in [6.07, 6.45) is 23.5. The molecule has 5 amide bonds. The first-order valence-electron chi connectivity index (χ1n) is 32.8. The number of Topliss-reactive ketones (excluding diaryl/α,β-unsaturated/α-hetero) is 4. The number of nitrogens with two attached hydrogens (primary N) is 5. The molecule has 0 aromatic rings. The van der Waals surface area contributed by atoms with Crippen molar-refractivity contribution in [2.45, 2.75) is 267 Å². The average Bonchev–Trinajstić information content (AvgIpc) is 1.51. The molecule has 0 radical (unpaired) electrons. The lowest BCUT2D eigenvalue weighted by Crippen LogP contribution is -2.75. The van der Waals surface area contributed by atoms with Gasteiger partial charge in [-0.1, -0.05) is 148 Å². The fourth-order valence-electron chi connectivity index (χ4n) is 16.7. The van der Waals surface area contributed by atoms with E-state index in [1.165, 1.54) is 22.9 Å². The number of hydrogen-bond donors (Lipinski definition) is 6. The molecule has 0 bridgehead atoms. The van der Waals surface area contributed by atoms with E-state index in [2.05, 4.69) is 5.32 Å². The van der Waals surface area contributed by atoms with Crippen LogP contribution in [0.25, 0.3) is 0 Å². The van der Waals surface area contributed by atoms with Gasteiger partial charge in [0.15, 0.2) is 35.0 Å². The number of likely N-dealkylation sites (tertiary alicyclic amines) is 3. The summed E-state index contributed by atoms with van der Waals surface area (Å²) >= 11 is 0. The van der Waals surface area contributed by atoms with Crippen molar-refractivity contribution in [3.05, 3.63) is 12.3 Å². The lowest BCUT2D eigenvalue weighted by Gasteiger charge is -2.48. The van der Waals surface area contributed by atoms with Crippen molar-refractivity contribution in [2.24, 2.45) is 69.6 Å². The zero-order valence-corrected chi connectivity index (χ0v) is 50.8. The predicted octanol–water partition coefficient (Wildman–Crippen LogP) is 4.42. The van der Waals surface area contributed by atoms with Crippen LogP contribution in [-0.4, -0.2) is 158 Å². The van der Waals surface area contributed by atoms with E-state index in [9.17, 15) is 9.59 Å². The number of carbonyl (C=O) groups is 10. The van der Waals surface area contributed by atoms with Crippen molar-refractivity contribution in [3.8, 4) is 0 Å². The maximum absolute atomic E-state index is 17.0. The zero-order valence-electron chi connectivity index (χ0n) is 50.8. The van der Waals surface area contributed by atoms with E-state index in [4.69, 9.17) is 28.7 Å². The van der Waals surface area contributed by atoms with Gasteiger partial charge in [-0.25, -0.2) is 0 Å². The molecule has 4 aliphatic heterocycles. The van der Waals surface area contributed by atoms with Crippen LogP contribution >= 0.6 is 0 Å². The van der Waals surface area contributed by atoms with Crippen LogP contribution in [0.5, 0.6) is 0 Å². The van der Waals surface area contributed by atoms with Gasteiger partial charge in [-0.3, -0.25) is 43.2 Å². The van der Waals surface area contributed by atoms with Gasteiger partial charge in [-0.2, -0.15) is 0 Å². The molecule has 4 aliphatic carbocycles. The summed E-state index contributed by atoms with van der Waals surface area (Å²) in [7, 11) is 0. The highest BCUT2D eigenvalue weighted by Crippen LogP contribution is 2.55. The van der Waals surface area contributed by atoms with E-state index >= 15 is 38.4 Å². The fraction of sp³-hybridized carbons (Fsp3) is 0.812. The van der Waals surface area contributed by atoms with E-state index in [0.717, 1.165) is 113 Å². The first-order valence-corrected chi connectivity index (χ1v) is 32.8. The maximum Gasteiger partial charge on any atom is 0.250 e. The van der Waals surface area contributed by atoms with Crippen LogP contribution in [0.1, 0.15) is 207 Å². The number of rotatable bonds is 24. The molecule has 4 saturated carbocycles. The minimum Gasteiger partial charge on any atom is -0.343 e. The molecule has 3 saturated heterocycles. The molecule has 20 heteroatoms. The molecule has 0 spiro atoms. The Morgan fingerprint density at radius 1 is 0.536 bits per heavy atom. The average molecular weight is 1170 g/mol. The van der Waals surface area contributed by atoms with Crippen LogP contribution < -0.4 is 34.0 Å². The normalized spacial score (nSPS) is 29.8. The monoisotopic (exact) mass is 1170 g/mol. The zero-order chi connectivity index (χ0) is 60.6. The van der Waals surface area contributed by atoms with E-state index in [0.29, 0.717) is 44.9 Å². The Kier molecular flexibility index (Phi) is 22.4. The highest BCUT2D eigenvalue weighted by molar-refractivity contribution is 6.27. The van der Waals surface area contributed by atoms with E-state index in [-0.39, 0.29) is 87.5 Å². The number of hydrogen-bond acceptors (Lipinski definition) is 15. The summed E-state index contributed by atoms with van der Waals surface area (Å²) in [6.45, 7) is 4.28. The van der Waals surface area contributed by atoms with Crippen LogP contribution in [0.3, 0.4) is 0 Å². The molecular weight excluding hydrogens is 1070 g/mol. The van der Waals surface area contributed by atoms with Gasteiger partial charge in [0.1, 0.15) is 23.5 Å². The van der Waals surface area contributed by atoms with E-state index in [1.807, 2.05) is 0 Å². The second-order valence-electron chi connectivity index (χ2n) is 27.4. The third-order valence-electron chi connectivity index (χ3n) is 21.3. The second kappa shape index (κ2) is 28.8. The highest BCUT2D eigenvalue weighted by Gasteiger charge is 2.79. The Bertz CT molecular complexity index is 2430. The second-order valence-corrected chi connectivity index (χ2v) is 27.4. The Morgan fingerprint density at radius 3 is 1.49 bits per heavy atom. The van der Waals surface area contributed by atoms with Crippen molar-refractivity contribution in [2.75, 3.05) is 19.6 Å². The first-order chi connectivity index (χ1) is 40.2. The largest absolute Gasteiger partial charge is 0.343 e. The van der Waals surface area contributed by atoms with Crippen molar-refractivity contribution >= 4 is 59.0 Å². The lowest BCUT2D eigenvalue weighted by molar-refractivity contribution is -0.169. The Morgan fingerprint density at radius 2 is 1.00 bits per heavy atom. The molecule has 84 heavy (non-hydrogen) atoms. The van der Waals surface area contributed by atoms with Gasteiger partial charge in [0.25, 0.3) is 0 Å². The third-order valence-corrected chi connectivity index (χ3v) is 21.3. The molecule has 2 unspecified atom stereocenters. The molecule has 11 N–H and O–H groups in total. The SMILES string of the molecule is CC(C)[C@H](NC(=O)[C@@H](N)CC1CCCCC1)C(=O)N1C=CC[C@H]1C(=O)N1CC(C(=O)[C@H](C)N)C(C(=O)[C@@H](N)CC2CCCCC2)(C(=O)[C@@H]2CCCN2C(=O)[C@@H]2CCCN2C(=O)[C@@H](N)CC2CCCCC2)[C@]1(C=O)C(=O)[C@@H](N)CC1CCCCC1. The summed E-state index contributed by atoms with van der Waals surface area (Å²) < 4.78 is 0. The van der Waals surface area contributed by atoms with Crippen LogP contribution in [0.2, 0.25) is 0 Å². The summed E-state index contributed by atoms with van der Waals surface area (Å²) in [5.41, 5.74) is 27.7. The lowest BCUT2D eigenvalue weighted by atomic mass is 9.54. The quantitative estimate of drug-likeness (QED) is 0.0576. The number of amides is 5. The molecule has 20 nitrogen and oxygen atoms in total. The molecule has 8 aliphatic rings. The molecule has 7 fully saturated rings. The number of nitrogens with zero attached hydrogens (tertiary/aromatic N) is 4. The molecule has 0 aromatic carbocycles. The molecule has 12 atom stereocenters. The van der Waals surface area contributed by atoms with Gasteiger partial charge >= 0.3 is 0 Å². The van der Waals surface area contributed by atoms with Crippen LogP contribution in [0.4, 0.5) is 0 Å². The molecular formula is C64H102N10O10. The minimum absolute atomic E-state index is 0.00192. The molecule has 4 heterocycles. The van der Waals surface area contributed by atoms with E-state index < -0.39 is 130 Å². The Hall–Kier alpha value is -4.76. The molecule has 0 aromatic heterocycles.